The quantitative estimate of drug-likeness (QED) is 0.823. The van der Waals surface area contributed by atoms with Crippen molar-refractivity contribution in [1.29, 1.82) is 0 Å². The predicted molar refractivity (Wildman–Crippen MR) is 81.7 cm³/mol. The van der Waals surface area contributed by atoms with Crippen LogP contribution in [0.15, 0.2) is 18.2 Å². The molecule has 0 N–H and O–H groups in total. The summed E-state index contributed by atoms with van der Waals surface area (Å²) < 4.78 is 43.9. The van der Waals surface area contributed by atoms with Gasteiger partial charge in [-0.05, 0) is 29.2 Å². The van der Waals surface area contributed by atoms with Crippen LogP contribution in [0.2, 0.25) is 5.02 Å². The van der Waals surface area contributed by atoms with Crippen LogP contribution in [0.5, 0.6) is 5.75 Å². The van der Waals surface area contributed by atoms with Gasteiger partial charge in [0.15, 0.2) is 6.10 Å². The topological polar surface area (TPSA) is 29.5 Å². The Balaban J connectivity index is 2.15. The van der Waals surface area contributed by atoms with Crippen LogP contribution in [-0.2, 0) is 11.2 Å². The molecule has 7 heteroatoms. The summed E-state index contributed by atoms with van der Waals surface area (Å²) in [7, 11) is 0. The number of amides is 1. The number of halogens is 4. The Hall–Kier alpha value is -1.43. The van der Waals surface area contributed by atoms with Gasteiger partial charge in [-0.2, -0.15) is 13.2 Å². The molecule has 0 spiro atoms. The second-order valence-electron chi connectivity index (χ2n) is 6.93. The Morgan fingerprint density at radius 2 is 1.96 bits per heavy atom. The predicted octanol–water partition coefficient (Wildman–Crippen LogP) is 4.08. The molecule has 2 rings (SSSR count). The van der Waals surface area contributed by atoms with Crippen molar-refractivity contribution in [2.45, 2.75) is 39.5 Å². The number of carbonyl (C=O) groups is 1. The van der Waals surface area contributed by atoms with E-state index in [1.54, 1.807) is 39.0 Å². The first-order valence-electron chi connectivity index (χ1n) is 7.25. The minimum absolute atomic E-state index is 0.00229. The SMILES string of the molecule is CC(C)(C)CN(CC(F)(F)F)C(=O)C1Cc2cc(Cl)ccc2O1. The maximum Gasteiger partial charge on any atom is 0.406 e. The molecule has 1 heterocycles. The minimum Gasteiger partial charge on any atom is -0.480 e. The van der Waals surface area contributed by atoms with Crippen LogP contribution in [0.4, 0.5) is 13.2 Å². The average molecular weight is 350 g/mol. The summed E-state index contributed by atoms with van der Waals surface area (Å²) in [5, 5.41) is 0.502. The molecule has 0 aromatic heterocycles. The molecule has 23 heavy (non-hydrogen) atoms. The van der Waals surface area contributed by atoms with Gasteiger partial charge in [0, 0.05) is 18.0 Å². The molecule has 0 saturated carbocycles. The second-order valence-corrected chi connectivity index (χ2v) is 7.37. The smallest absolute Gasteiger partial charge is 0.406 e. The third-order valence-corrected chi connectivity index (χ3v) is 3.55. The number of hydrogen-bond acceptors (Lipinski definition) is 2. The van der Waals surface area contributed by atoms with E-state index in [1.165, 1.54) is 0 Å². The molecule has 1 aliphatic heterocycles. The Bertz CT molecular complexity index is 580. The molecule has 3 nitrogen and oxygen atoms in total. The molecule has 1 aromatic carbocycles. The van der Waals surface area contributed by atoms with Gasteiger partial charge in [-0.3, -0.25) is 4.79 Å². The molecule has 1 aliphatic rings. The molecule has 1 amide bonds. The minimum atomic E-state index is -4.45. The highest BCUT2D eigenvalue weighted by molar-refractivity contribution is 6.30. The molecule has 0 fully saturated rings. The molecular weight excluding hydrogens is 331 g/mol. The molecule has 0 radical (unpaired) electrons. The van der Waals surface area contributed by atoms with E-state index in [0.717, 1.165) is 10.5 Å². The van der Waals surface area contributed by atoms with Crippen LogP contribution in [-0.4, -0.2) is 36.2 Å². The van der Waals surface area contributed by atoms with Crippen molar-refractivity contribution in [3.63, 3.8) is 0 Å². The molecular formula is C16H19ClF3NO2. The van der Waals surface area contributed by atoms with Gasteiger partial charge in [0.05, 0.1) is 0 Å². The van der Waals surface area contributed by atoms with E-state index in [1.807, 2.05) is 0 Å². The summed E-state index contributed by atoms with van der Waals surface area (Å²) >= 11 is 5.89. The van der Waals surface area contributed by atoms with Crippen molar-refractivity contribution in [3.8, 4) is 5.75 Å². The first-order valence-corrected chi connectivity index (χ1v) is 7.63. The lowest BCUT2D eigenvalue weighted by atomic mass is 9.95. The number of alkyl halides is 3. The second kappa shape index (κ2) is 6.23. The Labute approximate surface area is 138 Å². The van der Waals surface area contributed by atoms with Crippen molar-refractivity contribution < 1.29 is 22.7 Å². The van der Waals surface area contributed by atoms with Crippen LogP contribution >= 0.6 is 11.6 Å². The summed E-state index contributed by atoms with van der Waals surface area (Å²) in [4.78, 5) is 13.4. The number of hydrogen-bond donors (Lipinski definition) is 0. The lowest BCUT2D eigenvalue weighted by molar-refractivity contribution is -0.167. The largest absolute Gasteiger partial charge is 0.480 e. The number of fused-ring (bicyclic) bond motifs is 1. The Morgan fingerprint density at radius 3 is 2.52 bits per heavy atom. The highest BCUT2D eigenvalue weighted by atomic mass is 35.5. The van der Waals surface area contributed by atoms with Crippen molar-refractivity contribution in [1.82, 2.24) is 4.90 Å². The van der Waals surface area contributed by atoms with Gasteiger partial charge in [-0.15, -0.1) is 0 Å². The zero-order valence-electron chi connectivity index (χ0n) is 13.2. The van der Waals surface area contributed by atoms with Crippen LogP contribution in [0.1, 0.15) is 26.3 Å². The summed E-state index contributed by atoms with van der Waals surface area (Å²) in [5.74, 6) is -0.153. The summed E-state index contributed by atoms with van der Waals surface area (Å²) in [6, 6.07) is 4.92. The van der Waals surface area contributed by atoms with Crippen LogP contribution in [0.25, 0.3) is 0 Å². The highest BCUT2D eigenvalue weighted by Gasteiger charge is 2.39. The summed E-state index contributed by atoms with van der Waals surface area (Å²) in [6.07, 6.45) is -5.16. The van der Waals surface area contributed by atoms with E-state index < -0.39 is 30.1 Å². The lowest BCUT2D eigenvalue weighted by Gasteiger charge is -2.32. The van der Waals surface area contributed by atoms with Crippen molar-refractivity contribution >= 4 is 17.5 Å². The van der Waals surface area contributed by atoms with E-state index in [2.05, 4.69) is 0 Å². The third kappa shape index (κ3) is 5.03. The number of benzene rings is 1. The number of carbonyl (C=O) groups excluding carboxylic acids is 1. The maximum absolute atomic E-state index is 12.8. The van der Waals surface area contributed by atoms with Gasteiger partial charge < -0.3 is 9.64 Å². The van der Waals surface area contributed by atoms with Gasteiger partial charge in [-0.25, -0.2) is 0 Å². The van der Waals surface area contributed by atoms with E-state index in [-0.39, 0.29) is 13.0 Å². The van der Waals surface area contributed by atoms with E-state index in [0.29, 0.717) is 10.8 Å². The van der Waals surface area contributed by atoms with Crippen molar-refractivity contribution in [2.75, 3.05) is 13.1 Å². The van der Waals surface area contributed by atoms with Gasteiger partial charge >= 0.3 is 6.18 Å². The van der Waals surface area contributed by atoms with Crippen LogP contribution < -0.4 is 4.74 Å². The first-order chi connectivity index (χ1) is 10.4. The van der Waals surface area contributed by atoms with E-state index in [9.17, 15) is 18.0 Å². The van der Waals surface area contributed by atoms with Gasteiger partial charge in [0.2, 0.25) is 0 Å². The molecule has 1 unspecified atom stereocenters. The molecule has 0 aliphatic carbocycles. The molecule has 1 aromatic rings. The Morgan fingerprint density at radius 1 is 1.30 bits per heavy atom. The molecule has 0 saturated heterocycles. The number of nitrogens with zero attached hydrogens (tertiary/aromatic N) is 1. The molecule has 128 valence electrons. The molecule has 0 bridgehead atoms. The van der Waals surface area contributed by atoms with E-state index >= 15 is 0 Å². The molecule has 1 atom stereocenters. The number of rotatable bonds is 3. The zero-order valence-corrected chi connectivity index (χ0v) is 14.0. The fourth-order valence-corrected chi connectivity index (χ4v) is 2.75. The van der Waals surface area contributed by atoms with Gasteiger partial charge in [-0.1, -0.05) is 32.4 Å². The highest BCUT2D eigenvalue weighted by Crippen LogP contribution is 2.32. The van der Waals surface area contributed by atoms with E-state index in [4.69, 9.17) is 16.3 Å². The van der Waals surface area contributed by atoms with Crippen molar-refractivity contribution in [2.24, 2.45) is 5.41 Å². The van der Waals surface area contributed by atoms with Crippen molar-refractivity contribution in [3.05, 3.63) is 28.8 Å². The third-order valence-electron chi connectivity index (χ3n) is 3.32. The van der Waals surface area contributed by atoms with Gasteiger partial charge in [0.1, 0.15) is 12.3 Å². The Kier molecular flexibility index (Phi) is 4.85. The lowest BCUT2D eigenvalue weighted by Crippen LogP contribution is -2.48. The van der Waals surface area contributed by atoms with Crippen LogP contribution in [0, 0.1) is 5.41 Å². The standard InChI is InChI=1S/C16H19ClF3NO2/c1-15(2,3)8-21(9-16(18,19)20)14(22)13-7-10-6-11(17)4-5-12(10)23-13/h4-6,13H,7-9H2,1-3H3. The normalized spacial score (nSPS) is 17.6. The van der Waals surface area contributed by atoms with Crippen LogP contribution in [0.3, 0.4) is 0 Å². The first kappa shape index (κ1) is 17.9. The summed E-state index contributed by atoms with van der Waals surface area (Å²) in [6.45, 7) is 4.08. The fraction of sp³-hybridized carbons (Fsp3) is 0.562. The van der Waals surface area contributed by atoms with Gasteiger partial charge in [0.25, 0.3) is 5.91 Å². The maximum atomic E-state index is 12.8. The zero-order chi connectivity index (χ0) is 17.4. The monoisotopic (exact) mass is 349 g/mol. The summed E-state index contributed by atoms with van der Waals surface area (Å²) in [5.41, 5.74) is 0.286. The number of ether oxygens (including phenoxy) is 1. The fourth-order valence-electron chi connectivity index (χ4n) is 2.56. The average Bonchev–Trinajstić information content (AvgIpc) is 2.76.